The third kappa shape index (κ3) is 31.7. The lowest BCUT2D eigenvalue weighted by Gasteiger charge is -2.21. The molecule has 2 unspecified atom stereocenters. The summed E-state index contributed by atoms with van der Waals surface area (Å²) < 4.78 is 32.3. The fraction of sp³-hybridized carbons (Fsp3) is 0.757. The maximum atomic E-state index is 12.4. The quantitative estimate of drug-likeness (QED) is 0.0399. The lowest BCUT2D eigenvalue weighted by molar-refractivity contribution is -0.122. The van der Waals surface area contributed by atoms with E-state index in [0.29, 0.717) is 12.8 Å². The maximum absolute atomic E-state index is 12.4. The number of unbranched alkanes of at least 4 members (excludes halogenated alkanes) is 17. The molecule has 0 aromatic carbocycles. The van der Waals surface area contributed by atoms with Crippen molar-refractivity contribution in [1.29, 1.82) is 0 Å². The summed E-state index contributed by atoms with van der Waals surface area (Å²) in [4.78, 5) is 12.4. The van der Waals surface area contributed by atoms with Crippen LogP contribution in [-0.4, -0.2) is 41.9 Å². The number of aliphatic hydroxyl groups excluding tert-OH is 1. The second-order valence-corrected chi connectivity index (χ2v) is 13.6. The number of hydrogen-bond acceptors (Lipinski definition) is 4. The Kier molecular flexibility index (Phi) is 30.1. The molecule has 44 heavy (non-hydrogen) atoms. The Morgan fingerprint density at radius 3 is 1.48 bits per heavy atom. The van der Waals surface area contributed by atoms with Gasteiger partial charge in [-0.05, 0) is 70.6 Å². The normalized spacial score (nSPS) is 14.0. The maximum Gasteiger partial charge on any atom is 0.267 e. The SMILES string of the molecule is CCCCC/C=C\CCCCCCCC(=O)NC(CS(=O)(=O)O)C(O)/C=C/CC/C=C/CC/C=C/CCCCCCCCC. The molecule has 1 amide bonds. The van der Waals surface area contributed by atoms with Gasteiger partial charge in [-0.2, -0.15) is 8.42 Å². The van der Waals surface area contributed by atoms with Gasteiger partial charge in [0.05, 0.1) is 17.9 Å². The number of aliphatic hydroxyl groups is 1. The molecular weight excluding hydrogens is 570 g/mol. The average molecular weight is 638 g/mol. The van der Waals surface area contributed by atoms with Crippen LogP contribution in [0.25, 0.3) is 0 Å². The Balaban J connectivity index is 4.12. The summed E-state index contributed by atoms with van der Waals surface area (Å²) in [5.41, 5.74) is 0. The average Bonchev–Trinajstić information content (AvgIpc) is 2.98. The van der Waals surface area contributed by atoms with Crippen molar-refractivity contribution in [3.63, 3.8) is 0 Å². The highest BCUT2D eigenvalue weighted by molar-refractivity contribution is 7.85. The number of carbonyl (C=O) groups is 1. The first-order chi connectivity index (χ1) is 21.3. The number of rotatable bonds is 31. The van der Waals surface area contributed by atoms with Crippen LogP contribution in [-0.2, 0) is 14.9 Å². The van der Waals surface area contributed by atoms with Crippen molar-refractivity contribution in [2.75, 3.05) is 5.75 Å². The fourth-order valence-electron chi connectivity index (χ4n) is 5.00. The van der Waals surface area contributed by atoms with Crippen LogP contribution in [0.15, 0.2) is 48.6 Å². The van der Waals surface area contributed by atoms with Crippen LogP contribution in [0.1, 0.15) is 162 Å². The minimum atomic E-state index is -4.35. The number of carbonyl (C=O) groups excluding carboxylic acids is 1. The molecule has 0 aliphatic rings. The summed E-state index contributed by atoms with van der Waals surface area (Å²) in [5.74, 6) is -1.02. The van der Waals surface area contributed by atoms with E-state index in [2.05, 4.69) is 55.6 Å². The molecule has 0 saturated heterocycles. The Morgan fingerprint density at radius 2 is 0.977 bits per heavy atom. The van der Waals surface area contributed by atoms with Gasteiger partial charge in [0.1, 0.15) is 0 Å². The van der Waals surface area contributed by atoms with E-state index >= 15 is 0 Å². The van der Waals surface area contributed by atoms with Crippen molar-refractivity contribution < 1.29 is 22.9 Å². The van der Waals surface area contributed by atoms with Crippen molar-refractivity contribution in [3.8, 4) is 0 Å². The van der Waals surface area contributed by atoms with Crippen LogP contribution < -0.4 is 5.32 Å². The Morgan fingerprint density at radius 1 is 0.591 bits per heavy atom. The molecule has 0 aromatic rings. The summed E-state index contributed by atoms with van der Waals surface area (Å²) in [6.07, 6.45) is 40.9. The third-order valence-electron chi connectivity index (χ3n) is 7.71. The van der Waals surface area contributed by atoms with Gasteiger partial charge in [0.15, 0.2) is 0 Å². The molecule has 3 N–H and O–H groups in total. The highest BCUT2D eigenvalue weighted by atomic mass is 32.2. The van der Waals surface area contributed by atoms with Gasteiger partial charge < -0.3 is 10.4 Å². The molecule has 0 saturated carbocycles. The Bertz CT molecular complexity index is 878. The summed E-state index contributed by atoms with van der Waals surface area (Å²) >= 11 is 0. The van der Waals surface area contributed by atoms with Gasteiger partial charge in [-0.25, -0.2) is 0 Å². The van der Waals surface area contributed by atoms with Crippen molar-refractivity contribution >= 4 is 16.0 Å². The van der Waals surface area contributed by atoms with Crippen LogP contribution in [0.3, 0.4) is 0 Å². The zero-order chi connectivity index (χ0) is 32.6. The van der Waals surface area contributed by atoms with Gasteiger partial charge in [-0.15, -0.1) is 0 Å². The molecular formula is C37H67NO5S. The second kappa shape index (κ2) is 31.3. The summed E-state index contributed by atoms with van der Waals surface area (Å²) in [6.45, 7) is 4.46. The second-order valence-electron chi connectivity index (χ2n) is 12.1. The first-order valence-corrected chi connectivity index (χ1v) is 19.4. The molecule has 0 rings (SSSR count). The smallest absolute Gasteiger partial charge is 0.267 e. The standard InChI is InChI=1S/C37H67NO5S/c1-3-5-7-9-11-13-15-17-18-19-20-21-22-24-26-28-30-32-36(39)35(34-44(41,42)43)38-37(40)33-31-29-27-25-23-16-14-12-10-8-6-4-2/h12,14,18-19,22,24,30,32,35-36,39H,3-11,13,15-17,20-21,23,25-29,31,33-34H2,1-2H3,(H,38,40)(H,41,42,43)/b14-12-,19-18+,24-22+,32-30+. The predicted molar refractivity (Wildman–Crippen MR) is 188 cm³/mol. The van der Waals surface area contributed by atoms with Crippen LogP contribution in [0.2, 0.25) is 0 Å². The zero-order valence-corrected chi connectivity index (χ0v) is 29.1. The number of allylic oxidation sites excluding steroid dienone is 7. The van der Waals surface area contributed by atoms with Gasteiger partial charge in [0, 0.05) is 6.42 Å². The third-order valence-corrected chi connectivity index (χ3v) is 8.49. The monoisotopic (exact) mass is 637 g/mol. The van der Waals surface area contributed by atoms with E-state index in [1.165, 1.54) is 83.1 Å². The topological polar surface area (TPSA) is 104 Å². The molecule has 0 aromatic heterocycles. The van der Waals surface area contributed by atoms with Crippen molar-refractivity contribution in [2.45, 2.75) is 174 Å². The van der Waals surface area contributed by atoms with Gasteiger partial charge in [0.25, 0.3) is 10.1 Å². The minimum absolute atomic E-state index is 0.273. The molecule has 0 aliphatic carbocycles. The molecule has 0 radical (unpaired) electrons. The predicted octanol–water partition coefficient (Wildman–Crippen LogP) is 9.96. The van der Waals surface area contributed by atoms with E-state index in [1.807, 2.05) is 0 Å². The van der Waals surface area contributed by atoms with Gasteiger partial charge in [-0.1, -0.05) is 133 Å². The van der Waals surface area contributed by atoms with Gasteiger partial charge in [0.2, 0.25) is 5.91 Å². The highest BCUT2D eigenvalue weighted by Crippen LogP contribution is 2.11. The van der Waals surface area contributed by atoms with E-state index in [1.54, 1.807) is 6.08 Å². The van der Waals surface area contributed by atoms with Crippen LogP contribution in [0.5, 0.6) is 0 Å². The van der Waals surface area contributed by atoms with Crippen LogP contribution in [0.4, 0.5) is 0 Å². The summed E-state index contributed by atoms with van der Waals surface area (Å²) in [7, 11) is -4.35. The fourth-order valence-corrected chi connectivity index (χ4v) is 5.74. The van der Waals surface area contributed by atoms with Crippen molar-refractivity contribution in [2.24, 2.45) is 0 Å². The number of hydrogen-bond donors (Lipinski definition) is 3. The van der Waals surface area contributed by atoms with Crippen LogP contribution in [0, 0.1) is 0 Å². The van der Waals surface area contributed by atoms with Crippen molar-refractivity contribution in [3.05, 3.63) is 48.6 Å². The van der Waals surface area contributed by atoms with E-state index in [0.717, 1.165) is 51.4 Å². The first-order valence-electron chi connectivity index (χ1n) is 17.8. The molecule has 2 atom stereocenters. The molecule has 0 heterocycles. The first kappa shape index (κ1) is 42.3. The minimum Gasteiger partial charge on any atom is -0.387 e. The molecule has 7 heteroatoms. The Labute approximate surface area is 271 Å². The largest absolute Gasteiger partial charge is 0.387 e. The molecule has 0 fully saturated rings. The van der Waals surface area contributed by atoms with E-state index < -0.39 is 28.0 Å². The van der Waals surface area contributed by atoms with E-state index in [9.17, 15) is 22.9 Å². The molecule has 0 aliphatic heterocycles. The van der Waals surface area contributed by atoms with Gasteiger partial charge >= 0.3 is 0 Å². The number of nitrogens with one attached hydrogen (secondary N) is 1. The Hall–Kier alpha value is -1.70. The van der Waals surface area contributed by atoms with E-state index in [-0.39, 0.29) is 12.3 Å². The summed E-state index contributed by atoms with van der Waals surface area (Å²) in [5, 5.41) is 13.1. The zero-order valence-electron chi connectivity index (χ0n) is 28.3. The summed E-state index contributed by atoms with van der Waals surface area (Å²) in [6, 6.07) is -1.08. The van der Waals surface area contributed by atoms with Crippen molar-refractivity contribution in [1.82, 2.24) is 5.32 Å². The number of amides is 1. The molecule has 256 valence electrons. The molecule has 0 bridgehead atoms. The molecule has 6 nitrogen and oxygen atoms in total. The van der Waals surface area contributed by atoms with Crippen LogP contribution >= 0.6 is 0 Å². The highest BCUT2D eigenvalue weighted by Gasteiger charge is 2.24. The lowest BCUT2D eigenvalue weighted by atomic mass is 10.1. The van der Waals surface area contributed by atoms with Gasteiger partial charge in [-0.3, -0.25) is 9.35 Å². The lowest BCUT2D eigenvalue weighted by Crippen LogP contribution is -2.46. The molecule has 0 spiro atoms. The van der Waals surface area contributed by atoms with E-state index in [4.69, 9.17) is 0 Å².